The van der Waals surface area contributed by atoms with Crippen molar-refractivity contribution in [3.8, 4) is 11.4 Å². The first-order valence-electron chi connectivity index (χ1n) is 9.38. The van der Waals surface area contributed by atoms with Crippen LogP contribution in [0.1, 0.15) is 16.2 Å². The molecule has 31 heavy (non-hydrogen) atoms. The maximum absolute atomic E-state index is 12.4. The van der Waals surface area contributed by atoms with E-state index in [1.165, 1.54) is 12.1 Å². The number of carbonyl (C=O) groups is 1. The van der Waals surface area contributed by atoms with Crippen LogP contribution in [-0.2, 0) is 16.1 Å². The largest absolute Gasteiger partial charge is 0.452 e. The zero-order chi connectivity index (χ0) is 21.8. The Morgan fingerprint density at radius 1 is 1.19 bits per heavy atom. The van der Waals surface area contributed by atoms with Gasteiger partial charge in [0.2, 0.25) is 5.82 Å². The van der Waals surface area contributed by atoms with Crippen LogP contribution in [0.25, 0.3) is 11.4 Å². The van der Waals surface area contributed by atoms with E-state index >= 15 is 0 Å². The molecule has 2 aromatic carbocycles. The number of morpholine rings is 1. The van der Waals surface area contributed by atoms with E-state index in [9.17, 15) is 14.9 Å². The number of esters is 1. The van der Waals surface area contributed by atoms with Crippen molar-refractivity contribution < 1.29 is 23.7 Å². The maximum Gasteiger partial charge on any atom is 0.338 e. The number of nitro groups is 1. The lowest BCUT2D eigenvalue weighted by Gasteiger charge is -2.28. The minimum Gasteiger partial charge on any atom is -0.452 e. The molecule has 11 heteroatoms. The minimum atomic E-state index is -0.733. The quantitative estimate of drug-likeness (QED) is 0.319. The van der Waals surface area contributed by atoms with Gasteiger partial charge in [-0.3, -0.25) is 10.1 Å². The van der Waals surface area contributed by atoms with Crippen LogP contribution in [0, 0.1) is 10.1 Å². The molecule has 160 valence electrons. The monoisotopic (exact) mass is 444 g/mol. The minimum absolute atomic E-state index is 0.0566. The zero-order valence-corrected chi connectivity index (χ0v) is 16.9. The summed E-state index contributed by atoms with van der Waals surface area (Å²) < 4.78 is 15.6. The predicted molar refractivity (Wildman–Crippen MR) is 110 cm³/mol. The van der Waals surface area contributed by atoms with E-state index in [1.54, 1.807) is 30.3 Å². The van der Waals surface area contributed by atoms with Crippen LogP contribution in [0.2, 0.25) is 5.02 Å². The van der Waals surface area contributed by atoms with Gasteiger partial charge in [-0.05, 0) is 36.4 Å². The van der Waals surface area contributed by atoms with Crippen molar-refractivity contribution in [1.29, 1.82) is 0 Å². The second-order valence-electron chi connectivity index (χ2n) is 6.65. The molecule has 0 radical (unpaired) electrons. The molecule has 1 aliphatic heterocycles. The topological polar surface area (TPSA) is 121 Å². The highest BCUT2D eigenvalue weighted by atomic mass is 35.5. The number of ether oxygens (including phenoxy) is 2. The summed E-state index contributed by atoms with van der Waals surface area (Å²) in [7, 11) is 0. The molecule has 0 amide bonds. The third-order valence-electron chi connectivity index (χ3n) is 4.66. The second-order valence-corrected chi connectivity index (χ2v) is 7.09. The number of rotatable bonds is 6. The fraction of sp³-hybridized carbons (Fsp3) is 0.250. The Morgan fingerprint density at radius 3 is 2.65 bits per heavy atom. The van der Waals surface area contributed by atoms with Gasteiger partial charge in [-0.25, -0.2) is 4.79 Å². The molecule has 4 rings (SSSR count). The summed E-state index contributed by atoms with van der Waals surface area (Å²) >= 11 is 5.86. The Morgan fingerprint density at radius 2 is 1.94 bits per heavy atom. The van der Waals surface area contributed by atoms with Crippen molar-refractivity contribution in [2.24, 2.45) is 0 Å². The number of nitrogens with zero attached hydrogens (tertiary/aromatic N) is 4. The van der Waals surface area contributed by atoms with E-state index < -0.39 is 10.9 Å². The highest BCUT2D eigenvalue weighted by molar-refractivity contribution is 6.30. The molecule has 1 saturated heterocycles. The van der Waals surface area contributed by atoms with Crippen LogP contribution in [0.4, 0.5) is 11.4 Å². The SMILES string of the molecule is O=C(OCc1nc(-c2ccc(Cl)cc2)no1)c1ccc(N2CCOCC2)c([N+](=O)[O-])c1. The molecule has 3 aromatic rings. The Labute approximate surface area is 181 Å². The first-order valence-corrected chi connectivity index (χ1v) is 9.76. The summed E-state index contributed by atoms with van der Waals surface area (Å²) in [6, 6.07) is 11.1. The smallest absolute Gasteiger partial charge is 0.338 e. The number of halogens is 1. The van der Waals surface area contributed by atoms with E-state index in [1.807, 2.05) is 4.90 Å². The molecular weight excluding hydrogens is 428 g/mol. The van der Waals surface area contributed by atoms with Crippen molar-refractivity contribution in [1.82, 2.24) is 10.1 Å². The molecule has 0 saturated carbocycles. The van der Waals surface area contributed by atoms with Gasteiger partial charge in [0.05, 0.1) is 23.7 Å². The molecule has 1 fully saturated rings. The molecule has 1 aromatic heterocycles. The summed E-state index contributed by atoms with van der Waals surface area (Å²) in [6.07, 6.45) is 0. The summed E-state index contributed by atoms with van der Waals surface area (Å²) in [4.78, 5) is 29.5. The van der Waals surface area contributed by atoms with Crippen LogP contribution in [-0.4, -0.2) is 47.3 Å². The molecule has 2 heterocycles. The summed E-state index contributed by atoms with van der Waals surface area (Å²) in [6.45, 7) is 1.79. The molecule has 0 atom stereocenters. The number of anilines is 1. The number of carbonyl (C=O) groups excluding carboxylic acids is 1. The zero-order valence-electron chi connectivity index (χ0n) is 16.2. The number of hydrogen-bond donors (Lipinski definition) is 0. The number of aromatic nitrogens is 2. The van der Waals surface area contributed by atoms with Crippen molar-refractivity contribution >= 4 is 28.9 Å². The average molecular weight is 445 g/mol. The standard InChI is InChI=1S/C20H17ClN4O6/c21-15-4-1-13(2-5-15)19-22-18(31-23-19)12-30-20(26)14-3-6-16(17(11-14)25(27)28)24-7-9-29-10-8-24/h1-6,11H,7-10,12H2. The fourth-order valence-corrected chi connectivity index (χ4v) is 3.23. The van der Waals surface area contributed by atoms with Gasteiger partial charge < -0.3 is 18.9 Å². The van der Waals surface area contributed by atoms with Gasteiger partial charge in [0.15, 0.2) is 6.61 Å². The Kier molecular flexibility index (Phi) is 6.10. The summed E-state index contributed by atoms with van der Waals surface area (Å²) in [5.41, 5.74) is 1.02. The van der Waals surface area contributed by atoms with Crippen molar-refractivity contribution in [3.05, 3.63) is 69.1 Å². The fourth-order valence-electron chi connectivity index (χ4n) is 3.11. The van der Waals surface area contributed by atoms with Gasteiger partial charge in [-0.1, -0.05) is 16.8 Å². The molecule has 0 aliphatic carbocycles. The van der Waals surface area contributed by atoms with Gasteiger partial charge in [0.1, 0.15) is 5.69 Å². The van der Waals surface area contributed by atoms with Crippen molar-refractivity contribution in [2.75, 3.05) is 31.2 Å². The number of nitro benzene ring substituents is 1. The molecular formula is C20H17ClN4O6. The van der Waals surface area contributed by atoms with Crippen LogP contribution in [0.3, 0.4) is 0 Å². The van der Waals surface area contributed by atoms with Gasteiger partial charge in [-0.15, -0.1) is 0 Å². The number of hydrogen-bond acceptors (Lipinski definition) is 9. The predicted octanol–water partition coefficient (Wildman–Crippen LogP) is 3.49. The van der Waals surface area contributed by atoms with Gasteiger partial charge >= 0.3 is 5.97 Å². The van der Waals surface area contributed by atoms with E-state index in [4.69, 9.17) is 25.6 Å². The molecule has 0 spiro atoms. The highest BCUT2D eigenvalue weighted by Gasteiger charge is 2.24. The van der Waals surface area contributed by atoms with E-state index in [0.717, 1.165) is 0 Å². The average Bonchev–Trinajstić information content (AvgIpc) is 3.27. The van der Waals surface area contributed by atoms with Crippen molar-refractivity contribution in [3.63, 3.8) is 0 Å². The van der Waals surface area contributed by atoms with Gasteiger partial charge in [0.25, 0.3) is 11.6 Å². The highest BCUT2D eigenvalue weighted by Crippen LogP contribution is 2.30. The van der Waals surface area contributed by atoms with Crippen molar-refractivity contribution in [2.45, 2.75) is 6.61 Å². The van der Waals surface area contributed by atoms with Crippen LogP contribution in [0.5, 0.6) is 0 Å². The molecule has 1 aliphatic rings. The second kappa shape index (κ2) is 9.11. The van der Waals surface area contributed by atoms with Crippen LogP contribution in [0.15, 0.2) is 47.0 Å². The van der Waals surface area contributed by atoms with E-state index in [0.29, 0.717) is 48.4 Å². The summed E-state index contributed by atoms with van der Waals surface area (Å²) in [5, 5.41) is 16.0. The lowest BCUT2D eigenvalue weighted by Crippen LogP contribution is -2.36. The van der Waals surface area contributed by atoms with E-state index in [2.05, 4.69) is 10.1 Å². The Balaban J connectivity index is 1.44. The third kappa shape index (κ3) is 4.81. The first-order chi connectivity index (χ1) is 15.0. The maximum atomic E-state index is 12.4. The first kappa shape index (κ1) is 20.8. The normalized spacial score (nSPS) is 13.8. The molecule has 0 bridgehead atoms. The Hall–Kier alpha value is -3.50. The van der Waals surface area contributed by atoms with Crippen LogP contribution < -0.4 is 4.90 Å². The third-order valence-corrected chi connectivity index (χ3v) is 4.91. The Bertz CT molecular complexity index is 1100. The molecule has 0 unspecified atom stereocenters. The molecule has 10 nitrogen and oxygen atoms in total. The molecule has 0 N–H and O–H groups in total. The number of benzene rings is 2. The van der Waals surface area contributed by atoms with Gasteiger partial charge in [-0.2, -0.15) is 4.98 Å². The lowest BCUT2D eigenvalue weighted by atomic mass is 10.1. The van der Waals surface area contributed by atoms with E-state index in [-0.39, 0.29) is 23.7 Å². The lowest BCUT2D eigenvalue weighted by molar-refractivity contribution is -0.384. The van der Waals surface area contributed by atoms with Crippen LogP contribution >= 0.6 is 11.6 Å². The summed E-state index contributed by atoms with van der Waals surface area (Å²) in [5.74, 6) is -0.311. The van der Waals surface area contributed by atoms with Gasteiger partial charge in [0, 0.05) is 29.7 Å².